The van der Waals surface area contributed by atoms with Gasteiger partial charge in [-0.15, -0.1) is 0 Å². The van der Waals surface area contributed by atoms with E-state index in [1.807, 2.05) is 0 Å². The molecule has 58 valence electrons. The first kappa shape index (κ1) is 8.02. The van der Waals surface area contributed by atoms with Crippen LogP contribution in [0.1, 0.15) is 11.5 Å². The quantitative estimate of drug-likeness (QED) is 0.526. The Kier molecular flexibility index (Phi) is 1.93. The standard InChI is InChI=1S/C6F2N4/c7-5-3(1-9)11-4(2-10)12-6(5)8. The zero-order valence-corrected chi connectivity index (χ0v) is 5.54. The van der Waals surface area contributed by atoms with Gasteiger partial charge < -0.3 is 0 Å². The molecule has 0 atom stereocenters. The van der Waals surface area contributed by atoms with Crippen molar-refractivity contribution in [1.82, 2.24) is 9.97 Å². The molecule has 12 heavy (non-hydrogen) atoms. The summed E-state index contributed by atoms with van der Waals surface area (Å²) in [5.74, 6) is -3.49. The minimum atomic E-state index is -1.49. The van der Waals surface area contributed by atoms with Crippen molar-refractivity contribution in [1.29, 1.82) is 10.5 Å². The van der Waals surface area contributed by atoms with E-state index in [0.29, 0.717) is 0 Å². The first-order valence-corrected chi connectivity index (χ1v) is 2.72. The predicted octanol–water partition coefficient (Wildman–Crippen LogP) is 0.498. The monoisotopic (exact) mass is 166 g/mol. The lowest BCUT2D eigenvalue weighted by Gasteiger charge is -1.92. The molecule has 4 nitrogen and oxygen atoms in total. The van der Waals surface area contributed by atoms with Gasteiger partial charge in [0.2, 0.25) is 11.6 Å². The van der Waals surface area contributed by atoms with E-state index in [-0.39, 0.29) is 0 Å². The van der Waals surface area contributed by atoms with Crippen LogP contribution in [0.5, 0.6) is 0 Å². The third kappa shape index (κ3) is 1.18. The van der Waals surface area contributed by atoms with Crippen molar-refractivity contribution in [2.75, 3.05) is 0 Å². The summed E-state index contributed by atoms with van der Waals surface area (Å²) in [7, 11) is 0. The Morgan fingerprint density at radius 3 is 2.25 bits per heavy atom. The average molecular weight is 166 g/mol. The number of hydrogen-bond donors (Lipinski definition) is 0. The maximum Gasteiger partial charge on any atom is 0.254 e. The summed E-state index contributed by atoms with van der Waals surface area (Å²) in [5.41, 5.74) is -0.765. The van der Waals surface area contributed by atoms with Crippen LogP contribution in [0.2, 0.25) is 0 Å². The molecule has 0 aliphatic heterocycles. The van der Waals surface area contributed by atoms with Crippen molar-refractivity contribution in [2.45, 2.75) is 0 Å². The molecular formula is C6F2N4. The van der Waals surface area contributed by atoms with Crippen LogP contribution >= 0.6 is 0 Å². The van der Waals surface area contributed by atoms with Crippen LogP contribution in [0.3, 0.4) is 0 Å². The fourth-order valence-corrected chi connectivity index (χ4v) is 0.544. The predicted molar refractivity (Wildman–Crippen MR) is 31.4 cm³/mol. The third-order valence-corrected chi connectivity index (χ3v) is 1.02. The van der Waals surface area contributed by atoms with Crippen molar-refractivity contribution < 1.29 is 8.78 Å². The highest BCUT2D eigenvalue weighted by molar-refractivity contribution is 5.24. The maximum atomic E-state index is 12.5. The van der Waals surface area contributed by atoms with E-state index in [2.05, 4.69) is 9.97 Å². The summed E-state index contributed by atoms with van der Waals surface area (Å²) < 4.78 is 24.9. The minimum absolute atomic E-state index is 0.564. The zero-order chi connectivity index (χ0) is 9.14. The highest BCUT2D eigenvalue weighted by Gasteiger charge is 2.12. The summed E-state index contributed by atoms with van der Waals surface area (Å²) in [5, 5.41) is 16.4. The third-order valence-electron chi connectivity index (χ3n) is 1.02. The molecule has 0 saturated carbocycles. The molecule has 0 bridgehead atoms. The van der Waals surface area contributed by atoms with Crippen LogP contribution < -0.4 is 0 Å². The molecule has 1 rings (SSSR count). The second kappa shape index (κ2) is 2.89. The smallest absolute Gasteiger partial charge is 0.205 e. The van der Waals surface area contributed by atoms with Crippen molar-refractivity contribution >= 4 is 0 Å². The van der Waals surface area contributed by atoms with Crippen molar-refractivity contribution in [3.8, 4) is 12.1 Å². The molecule has 0 saturated heterocycles. The van der Waals surface area contributed by atoms with Gasteiger partial charge in [0.15, 0.2) is 5.69 Å². The number of nitrogens with zero attached hydrogens (tertiary/aromatic N) is 4. The lowest BCUT2D eigenvalue weighted by atomic mass is 10.4. The lowest BCUT2D eigenvalue weighted by Crippen LogP contribution is -2.01. The molecular weight excluding hydrogens is 166 g/mol. The van der Waals surface area contributed by atoms with Crippen molar-refractivity contribution in [3.63, 3.8) is 0 Å². The van der Waals surface area contributed by atoms with E-state index in [9.17, 15) is 8.78 Å². The highest BCUT2D eigenvalue weighted by Crippen LogP contribution is 2.05. The van der Waals surface area contributed by atoms with Crippen LogP contribution in [0, 0.1) is 34.4 Å². The van der Waals surface area contributed by atoms with Gasteiger partial charge in [-0.1, -0.05) is 0 Å². The van der Waals surface area contributed by atoms with Crippen LogP contribution in [0.15, 0.2) is 0 Å². The summed E-state index contributed by atoms with van der Waals surface area (Å²) in [6.07, 6.45) is 0. The van der Waals surface area contributed by atoms with Crippen molar-refractivity contribution in [2.24, 2.45) is 0 Å². The molecule has 0 aliphatic carbocycles. The molecule has 0 aromatic carbocycles. The molecule has 0 unspecified atom stereocenters. The van der Waals surface area contributed by atoms with E-state index in [1.54, 1.807) is 0 Å². The average Bonchev–Trinajstić information content (AvgIpc) is 2.09. The Hall–Kier alpha value is -2.08. The number of aromatic nitrogens is 2. The van der Waals surface area contributed by atoms with Gasteiger partial charge in [0.1, 0.15) is 12.1 Å². The largest absolute Gasteiger partial charge is 0.254 e. The van der Waals surface area contributed by atoms with Gasteiger partial charge in [-0.2, -0.15) is 24.3 Å². The normalized spacial score (nSPS) is 8.67. The topological polar surface area (TPSA) is 73.4 Å². The number of halogens is 2. The van der Waals surface area contributed by atoms with Crippen LogP contribution in [-0.2, 0) is 0 Å². The van der Waals surface area contributed by atoms with E-state index >= 15 is 0 Å². The first-order valence-electron chi connectivity index (χ1n) is 2.72. The van der Waals surface area contributed by atoms with Gasteiger partial charge >= 0.3 is 0 Å². The van der Waals surface area contributed by atoms with E-state index in [0.717, 1.165) is 0 Å². The number of nitriles is 2. The lowest BCUT2D eigenvalue weighted by molar-refractivity contribution is 0.469. The number of rotatable bonds is 0. The molecule has 0 amide bonds. The molecule has 0 fully saturated rings. The van der Waals surface area contributed by atoms with E-state index in [4.69, 9.17) is 10.5 Å². The van der Waals surface area contributed by atoms with Gasteiger partial charge in [-0.25, -0.2) is 4.98 Å². The Morgan fingerprint density at radius 2 is 1.75 bits per heavy atom. The SMILES string of the molecule is N#Cc1nc(F)c(F)c(C#N)n1. The molecule has 6 heteroatoms. The van der Waals surface area contributed by atoms with Crippen molar-refractivity contribution in [3.05, 3.63) is 23.3 Å². The van der Waals surface area contributed by atoms with Crippen LogP contribution in [-0.4, -0.2) is 9.97 Å². The summed E-state index contributed by atoms with van der Waals surface area (Å²) in [6.45, 7) is 0. The van der Waals surface area contributed by atoms with E-state index < -0.39 is 23.3 Å². The Labute approximate surface area is 65.7 Å². The van der Waals surface area contributed by atoms with Gasteiger partial charge in [-0.05, 0) is 0 Å². The fraction of sp³-hybridized carbons (Fsp3) is 0. The Bertz CT molecular complexity index is 401. The number of hydrogen-bond acceptors (Lipinski definition) is 4. The molecule has 1 aromatic heterocycles. The molecule has 1 aromatic rings. The molecule has 0 aliphatic rings. The Balaban J connectivity index is 3.44. The zero-order valence-electron chi connectivity index (χ0n) is 5.54. The first-order chi connectivity index (χ1) is 5.69. The second-order valence-corrected chi connectivity index (χ2v) is 1.72. The minimum Gasteiger partial charge on any atom is -0.205 e. The second-order valence-electron chi connectivity index (χ2n) is 1.72. The molecule has 1 heterocycles. The van der Waals surface area contributed by atoms with Gasteiger partial charge in [-0.3, -0.25) is 0 Å². The molecule has 0 N–H and O–H groups in total. The molecule has 0 radical (unpaired) electrons. The van der Waals surface area contributed by atoms with Crippen LogP contribution in [0.4, 0.5) is 8.78 Å². The summed E-state index contributed by atoms with van der Waals surface area (Å²) in [4.78, 5) is 5.96. The molecule has 0 spiro atoms. The summed E-state index contributed by atoms with van der Waals surface area (Å²) in [6, 6.07) is 2.68. The Morgan fingerprint density at radius 1 is 1.08 bits per heavy atom. The maximum absolute atomic E-state index is 12.5. The highest BCUT2D eigenvalue weighted by atomic mass is 19.2. The van der Waals surface area contributed by atoms with E-state index in [1.165, 1.54) is 12.1 Å². The fourth-order valence-electron chi connectivity index (χ4n) is 0.544. The van der Waals surface area contributed by atoms with Gasteiger partial charge in [0.25, 0.3) is 5.95 Å². The van der Waals surface area contributed by atoms with Gasteiger partial charge in [0, 0.05) is 0 Å². The van der Waals surface area contributed by atoms with Gasteiger partial charge in [0.05, 0.1) is 0 Å². The summed E-state index contributed by atoms with van der Waals surface area (Å²) >= 11 is 0. The van der Waals surface area contributed by atoms with Crippen LogP contribution in [0.25, 0.3) is 0 Å².